The number of para-hydroxylation sites is 1. The van der Waals surface area contributed by atoms with E-state index >= 15 is 0 Å². The summed E-state index contributed by atoms with van der Waals surface area (Å²) < 4.78 is 92.8. The van der Waals surface area contributed by atoms with Gasteiger partial charge in [0.1, 0.15) is 23.7 Å². The number of esters is 1. The summed E-state index contributed by atoms with van der Waals surface area (Å²) in [6, 6.07) is 28.5. The average molecular weight is 1140 g/mol. The molecule has 82 heavy (non-hydrogen) atoms. The van der Waals surface area contributed by atoms with E-state index in [1.54, 1.807) is 26.2 Å². The molecule has 0 saturated heterocycles. The largest absolute Gasteiger partial charge is 0.471 e. The van der Waals surface area contributed by atoms with E-state index in [1.807, 2.05) is 61.5 Å². The molecule has 0 atom stereocenters. The van der Waals surface area contributed by atoms with Crippen molar-refractivity contribution in [3.63, 3.8) is 0 Å². The number of unbranched alkanes of at least 4 members (excludes halogenated alkanes) is 3. The maximum Gasteiger partial charge on any atom is 0.471 e. The molecule has 0 unspecified atom stereocenters. The van der Waals surface area contributed by atoms with Crippen molar-refractivity contribution in [3.05, 3.63) is 148 Å². The van der Waals surface area contributed by atoms with Crippen molar-refractivity contribution in [3.8, 4) is 11.5 Å². The van der Waals surface area contributed by atoms with Gasteiger partial charge in [0.05, 0.1) is 12.0 Å². The summed E-state index contributed by atoms with van der Waals surface area (Å²) in [4.78, 5) is 93.1. The van der Waals surface area contributed by atoms with Crippen LogP contribution >= 0.6 is 0 Å². The van der Waals surface area contributed by atoms with Crippen molar-refractivity contribution in [1.29, 1.82) is 0 Å². The zero-order chi connectivity index (χ0) is 58.5. The molecule has 3 heterocycles. The van der Waals surface area contributed by atoms with Crippen LogP contribution in [-0.4, -0.2) is 84.0 Å². The van der Waals surface area contributed by atoms with Gasteiger partial charge in [-0.3, -0.25) is 28.8 Å². The third kappa shape index (κ3) is 12.6. The van der Waals surface area contributed by atoms with Crippen molar-refractivity contribution < 1.29 is 69.4 Å². The molecule has 3 aliphatic rings. The number of ether oxygens (including phenoxy) is 2. The molecular weight excluding hydrogens is 1080 g/mol. The van der Waals surface area contributed by atoms with Crippen LogP contribution < -0.4 is 36.2 Å². The lowest BCUT2D eigenvalue weighted by atomic mass is 9.77. The highest BCUT2D eigenvalue weighted by molar-refractivity contribution is 6.02. The lowest BCUT2D eigenvalue weighted by Gasteiger charge is -2.37. The summed E-state index contributed by atoms with van der Waals surface area (Å²) in [6.45, 7) is 5.26. The maximum atomic E-state index is 13.9. The number of carbonyl (C=O) groups excluding carboxylic acids is 7. The van der Waals surface area contributed by atoms with Crippen LogP contribution in [0.5, 0.6) is 11.5 Å². The fourth-order valence-electron chi connectivity index (χ4n) is 10.9. The van der Waals surface area contributed by atoms with Crippen molar-refractivity contribution in [1.82, 2.24) is 20.5 Å². The van der Waals surface area contributed by atoms with E-state index in [0.29, 0.717) is 69.4 Å². The highest BCUT2D eigenvalue weighted by Gasteiger charge is 2.54. The summed E-state index contributed by atoms with van der Waals surface area (Å²) >= 11 is 0. The third-order valence-electron chi connectivity index (χ3n) is 15.0. The van der Waals surface area contributed by atoms with E-state index in [0.717, 1.165) is 65.7 Å². The van der Waals surface area contributed by atoms with Crippen LogP contribution in [0.1, 0.15) is 114 Å². The second kappa shape index (κ2) is 24.2. The molecule has 2 aliphatic heterocycles. The van der Waals surface area contributed by atoms with Crippen molar-refractivity contribution in [2.45, 2.75) is 109 Å². The van der Waals surface area contributed by atoms with E-state index in [-0.39, 0.29) is 93.7 Å². The standard InChI is InChI=1S/C60H59F6N7O9/c1-3-35-12-11-14-42(28-35)72(4-2)52(75)34-73-47-15-8-7-13-38(47)31-48(73)54(77)69-39-19-17-37(18-20-39)53(76)68-27-10-6-5-9-26-67-51(74)30-36-16-23-43-46(29-36)58(82-55(43)78)44-24-21-40(70-56(79)59(61,62)63)32-49(44)81-50-33-41(22-25-45(50)58)71-57(80)60(64,65)66/h7-8,11-16,21-25,28-29,31-33,37,39H,3-6,9-10,17-20,26-27,30,34H2,1-2H3,(H,67,74)(H,68,76)(H,69,77)(H,70,79)(H,71,80). The van der Waals surface area contributed by atoms with Gasteiger partial charge in [-0.05, 0) is 124 Å². The Kier molecular flexibility index (Phi) is 17.1. The SMILES string of the molecule is CCc1cccc(N(CC)C(=O)Cn2c(C(=O)NC3CCC(C(=O)NCCCCCCNC(=O)Cc4ccc5c(c4)C4(OC5=O)c5ccc(NC(=O)C(F)(F)F)cc5Oc5cc(NC(=O)C(F)(F)F)ccc54)CC3)cc3ccccc32)c1. The van der Waals surface area contributed by atoms with E-state index in [9.17, 15) is 59.9 Å². The zero-order valence-electron chi connectivity index (χ0n) is 44.8. The number of hydrogen-bond acceptors (Lipinski definition) is 9. The smallest absolute Gasteiger partial charge is 0.456 e. The summed E-state index contributed by atoms with van der Waals surface area (Å²) in [5, 5.41) is 13.4. The van der Waals surface area contributed by atoms with Gasteiger partial charge < -0.3 is 45.5 Å². The summed E-state index contributed by atoms with van der Waals surface area (Å²) in [7, 11) is 0. The Hall–Kier alpha value is -8.69. The molecule has 6 aromatic rings. The number of nitrogens with one attached hydrogen (secondary N) is 5. The quantitative estimate of drug-likeness (QED) is 0.0297. The molecule has 430 valence electrons. The average Bonchev–Trinajstić information content (AvgIpc) is 2.34. The van der Waals surface area contributed by atoms with Crippen molar-refractivity contribution in [2.75, 3.05) is 35.2 Å². The maximum absolute atomic E-state index is 13.9. The number of aromatic nitrogens is 1. The van der Waals surface area contributed by atoms with Gasteiger partial charge in [-0.2, -0.15) is 26.3 Å². The fourth-order valence-corrected chi connectivity index (χ4v) is 10.9. The van der Waals surface area contributed by atoms with Crippen molar-refractivity contribution in [2.24, 2.45) is 5.92 Å². The number of alkyl halides is 6. The van der Waals surface area contributed by atoms with E-state index in [2.05, 4.69) is 22.9 Å². The zero-order valence-corrected chi connectivity index (χ0v) is 44.8. The molecule has 1 aromatic heterocycles. The van der Waals surface area contributed by atoms with Crippen LogP contribution in [-0.2, 0) is 53.7 Å². The molecule has 5 N–H and O–H groups in total. The second-order valence-corrected chi connectivity index (χ2v) is 20.5. The fraction of sp³-hybridized carbons (Fsp3) is 0.350. The predicted molar refractivity (Wildman–Crippen MR) is 291 cm³/mol. The molecule has 0 radical (unpaired) electrons. The molecule has 9 rings (SSSR count). The van der Waals surface area contributed by atoms with Gasteiger partial charge in [0.2, 0.25) is 17.7 Å². The number of halogens is 6. The summed E-state index contributed by atoms with van der Waals surface area (Å²) in [5.41, 5.74) is 1.27. The van der Waals surface area contributed by atoms with Gasteiger partial charge in [0.25, 0.3) is 5.91 Å². The Morgan fingerprint density at radius 3 is 1.93 bits per heavy atom. The van der Waals surface area contributed by atoms with Crippen LogP contribution in [0, 0.1) is 5.92 Å². The molecule has 0 bridgehead atoms. The van der Waals surface area contributed by atoms with Crippen LogP contribution in [0.2, 0.25) is 0 Å². The first-order valence-corrected chi connectivity index (χ1v) is 27.1. The number of hydrogen-bond donors (Lipinski definition) is 5. The normalized spacial score (nSPS) is 16.0. The molecule has 5 aromatic carbocycles. The number of fused-ring (bicyclic) bond motifs is 7. The van der Waals surface area contributed by atoms with Crippen LogP contribution in [0.4, 0.5) is 43.4 Å². The van der Waals surface area contributed by atoms with Gasteiger partial charge in [0, 0.05) is 88.4 Å². The number of carbonyl (C=O) groups is 7. The molecule has 1 saturated carbocycles. The Bertz CT molecular complexity index is 3380. The van der Waals surface area contributed by atoms with Crippen molar-refractivity contribution >= 4 is 69.4 Å². The molecule has 6 amide bonds. The van der Waals surface area contributed by atoms with Gasteiger partial charge in [-0.1, -0.05) is 56.2 Å². The lowest BCUT2D eigenvalue weighted by molar-refractivity contribution is -0.167. The number of anilines is 3. The van der Waals surface area contributed by atoms with Gasteiger partial charge in [0.15, 0.2) is 5.60 Å². The number of aryl methyl sites for hydroxylation is 1. The lowest BCUT2D eigenvalue weighted by Crippen LogP contribution is -2.42. The minimum atomic E-state index is -5.26. The predicted octanol–water partition coefficient (Wildman–Crippen LogP) is 10.2. The highest BCUT2D eigenvalue weighted by Crippen LogP contribution is 2.57. The highest BCUT2D eigenvalue weighted by atomic mass is 19.4. The number of rotatable bonds is 19. The molecular formula is C60H59F6N7O9. The van der Waals surface area contributed by atoms with Gasteiger partial charge in [-0.15, -0.1) is 0 Å². The number of likely N-dealkylation sites (N-methyl/N-ethyl adjacent to an activating group) is 1. The molecule has 1 spiro atoms. The summed E-state index contributed by atoms with van der Waals surface area (Å²) in [5.74, 6) is -6.90. The minimum Gasteiger partial charge on any atom is -0.456 e. The second-order valence-electron chi connectivity index (χ2n) is 20.5. The molecule has 1 aliphatic carbocycles. The number of benzene rings is 5. The Morgan fingerprint density at radius 2 is 1.30 bits per heavy atom. The van der Waals surface area contributed by atoms with E-state index in [4.69, 9.17) is 9.47 Å². The first-order chi connectivity index (χ1) is 39.2. The van der Waals surface area contributed by atoms with Crippen LogP contribution in [0.25, 0.3) is 10.9 Å². The third-order valence-corrected chi connectivity index (χ3v) is 15.0. The topological polar surface area (TPSA) is 206 Å². The molecule has 1 fully saturated rings. The van der Waals surface area contributed by atoms with Crippen LogP contribution in [0.15, 0.2) is 109 Å². The Morgan fingerprint density at radius 1 is 0.671 bits per heavy atom. The first-order valence-electron chi connectivity index (χ1n) is 27.1. The van der Waals surface area contributed by atoms with Gasteiger partial charge >= 0.3 is 30.1 Å². The molecule has 16 nitrogen and oxygen atoms in total. The Labute approximate surface area is 467 Å². The van der Waals surface area contributed by atoms with Gasteiger partial charge in [-0.25, -0.2) is 4.79 Å². The van der Waals surface area contributed by atoms with E-state index < -0.39 is 35.7 Å². The minimum absolute atomic E-state index is 0.0159. The number of nitrogens with zero attached hydrogens (tertiary/aromatic N) is 2. The van der Waals surface area contributed by atoms with E-state index in [1.165, 1.54) is 24.3 Å². The Balaban J connectivity index is 0.738. The monoisotopic (exact) mass is 1140 g/mol. The first kappa shape index (κ1) is 58.0. The number of amides is 6. The summed E-state index contributed by atoms with van der Waals surface area (Å²) in [6.07, 6.45) is -4.49. The van der Waals surface area contributed by atoms with Crippen LogP contribution in [0.3, 0.4) is 0 Å². The molecule has 22 heteroatoms.